The first-order chi connectivity index (χ1) is 15.5. The fourth-order valence-corrected chi connectivity index (χ4v) is 3.29. The maximum absolute atomic E-state index is 13.0. The summed E-state index contributed by atoms with van der Waals surface area (Å²) in [5.74, 6) is -4.96. The number of aliphatic hydroxyl groups excluding tert-OH is 2. The second-order valence-electron chi connectivity index (χ2n) is 7.24. The lowest BCUT2D eigenvalue weighted by atomic mass is 9.87. The highest BCUT2D eigenvalue weighted by Crippen LogP contribution is 2.28. The molecule has 0 radical (unpaired) electrons. The Hall–Kier alpha value is -2.77. The van der Waals surface area contributed by atoms with Crippen LogP contribution in [-0.4, -0.2) is 96.9 Å². The monoisotopic (exact) mass is 477 g/mol. The Labute approximate surface area is 190 Å². The summed E-state index contributed by atoms with van der Waals surface area (Å²) in [5.41, 5.74) is 0. The van der Waals surface area contributed by atoms with Gasteiger partial charge in [-0.05, 0) is 13.3 Å². The van der Waals surface area contributed by atoms with Crippen LogP contribution in [0.3, 0.4) is 0 Å². The second-order valence-corrected chi connectivity index (χ2v) is 7.24. The van der Waals surface area contributed by atoms with Crippen LogP contribution in [0, 0.1) is 5.92 Å². The topological polar surface area (TPSA) is 184 Å². The van der Waals surface area contributed by atoms with Crippen LogP contribution in [0.2, 0.25) is 0 Å². The minimum Gasteiger partial charge on any atom is -0.466 e. The third kappa shape index (κ3) is 8.94. The van der Waals surface area contributed by atoms with Gasteiger partial charge in [0.2, 0.25) is 5.91 Å². The van der Waals surface area contributed by atoms with Crippen LogP contribution in [0.25, 0.3) is 0 Å². The van der Waals surface area contributed by atoms with Crippen LogP contribution in [0.15, 0.2) is 0 Å². The molecule has 0 aliphatic carbocycles. The molecule has 1 amide bonds. The number of esters is 4. The lowest BCUT2D eigenvalue weighted by molar-refractivity contribution is -0.225. The van der Waals surface area contributed by atoms with E-state index in [4.69, 9.17) is 23.7 Å². The number of amides is 1. The largest absolute Gasteiger partial charge is 0.466 e. The molecule has 0 aromatic rings. The van der Waals surface area contributed by atoms with Crippen LogP contribution in [0.1, 0.15) is 34.1 Å². The van der Waals surface area contributed by atoms with Crippen LogP contribution in [-0.2, 0) is 47.7 Å². The number of hydrogen-bond donors (Lipinski definition) is 3. The quantitative estimate of drug-likeness (QED) is 0.225. The number of carbonyl (C=O) groups excluding carboxylic acids is 5. The zero-order valence-corrected chi connectivity index (χ0v) is 19.0. The van der Waals surface area contributed by atoms with Crippen molar-refractivity contribution in [3.05, 3.63) is 0 Å². The van der Waals surface area contributed by atoms with E-state index < -0.39 is 72.8 Å². The normalized spacial score (nSPS) is 24.1. The van der Waals surface area contributed by atoms with E-state index in [0.29, 0.717) is 0 Å². The van der Waals surface area contributed by atoms with Gasteiger partial charge < -0.3 is 39.2 Å². The molecule has 188 valence electrons. The molecule has 13 nitrogen and oxygen atoms in total. The average Bonchev–Trinajstić information content (AvgIpc) is 2.72. The molecular weight excluding hydrogens is 446 g/mol. The molecule has 0 spiro atoms. The molecule has 0 aromatic carbocycles. The third-order valence-corrected chi connectivity index (χ3v) is 4.65. The molecule has 0 bridgehead atoms. The van der Waals surface area contributed by atoms with Gasteiger partial charge in [-0.15, -0.1) is 0 Å². The number of aliphatic hydroxyl groups is 2. The van der Waals surface area contributed by atoms with Crippen LogP contribution in [0.4, 0.5) is 0 Å². The van der Waals surface area contributed by atoms with E-state index in [1.807, 2.05) is 0 Å². The molecule has 0 saturated carbocycles. The van der Waals surface area contributed by atoms with Gasteiger partial charge >= 0.3 is 23.9 Å². The molecule has 33 heavy (non-hydrogen) atoms. The predicted molar refractivity (Wildman–Crippen MR) is 107 cm³/mol. The Morgan fingerprint density at radius 3 is 2.18 bits per heavy atom. The smallest absolute Gasteiger partial charge is 0.331 e. The Kier molecular flexibility index (Phi) is 11.7. The minimum absolute atomic E-state index is 0.0210. The fourth-order valence-electron chi connectivity index (χ4n) is 3.29. The molecule has 1 rings (SSSR count). The summed E-state index contributed by atoms with van der Waals surface area (Å²) in [4.78, 5) is 59.0. The van der Waals surface area contributed by atoms with E-state index >= 15 is 0 Å². The van der Waals surface area contributed by atoms with E-state index in [2.05, 4.69) is 5.32 Å². The zero-order chi connectivity index (χ0) is 25.1. The van der Waals surface area contributed by atoms with Crippen molar-refractivity contribution in [1.82, 2.24) is 5.32 Å². The molecule has 4 unspecified atom stereocenters. The average molecular weight is 477 g/mol. The third-order valence-electron chi connectivity index (χ3n) is 4.65. The van der Waals surface area contributed by atoms with Gasteiger partial charge in [0.1, 0.15) is 6.10 Å². The number of rotatable bonds is 11. The summed E-state index contributed by atoms with van der Waals surface area (Å²) in [7, 11) is 0. The summed E-state index contributed by atoms with van der Waals surface area (Å²) in [5, 5.41) is 22.6. The van der Waals surface area contributed by atoms with E-state index in [-0.39, 0.29) is 26.2 Å². The molecule has 6 atom stereocenters. The van der Waals surface area contributed by atoms with Crippen LogP contribution < -0.4 is 5.32 Å². The highest BCUT2D eigenvalue weighted by molar-refractivity contribution is 5.86. The Morgan fingerprint density at radius 2 is 1.67 bits per heavy atom. The minimum atomic E-state index is -1.62. The number of carbonyl (C=O) groups is 5. The van der Waals surface area contributed by atoms with Gasteiger partial charge in [0, 0.05) is 20.8 Å². The lowest BCUT2D eigenvalue weighted by Crippen LogP contribution is -2.60. The molecule has 1 saturated heterocycles. The maximum atomic E-state index is 13.0. The molecule has 3 N–H and O–H groups in total. The second kappa shape index (κ2) is 13.7. The van der Waals surface area contributed by atoms with Crippen LogP contribution in [0.5, 0.6) is 0 Å². The first-order valence-electron chi connectivity index (χ1n) is 10.4. The lowest BCUT2D eigenvalue weighted by Gasteiger charge is -2.41. The van der Waals surface area contributed by atoms with E-state index in [1.165, 1.54) is 6.92 Å². The van der Waals surface area contributed by atoms with Gasteiger partial charge in [-0.2, -0.15) is 0 Å². The summed E-state index contributed by atoms with van der Waals surface area (Å²) in [6.45, 7) is 3.68. The van der Waals surface area contributed by atoms with Crippen molar-refractivity contribution in [2.24, 2.45) is 5.92 Å². The van der Waals surface area contributed by atoms with Crippen molar-refractivity contribution < 1.29 is 57.9 Å². The maximum Gasteiger partial charge on any atom is 0.331 e. The first kappa shape index (κ1) is 28.3. The predicted octanol–water partition coefficient (Wildman–Crippen LogP) is -1.78. The van der Waals surface area contributed by atoms with E-state index in [0.717, 1.165) is 13.8 Å². The van der Waals surface area contributed by atoms with Crippen molar-refractivity contribution in [3.63, 3.8) is 0 Å². The summed E-state index contributed by atoms with van der Waals surface area (Å²) >= 11 is 0. The highest BCUT2D eigenvalue weighted by Gasteiger charge is 2.48. The van der Waals surface area contributed by atoms with Crippen molar-refractivity contribution in [1.29, 1.82) is 0 Å². The molecule has 1 heterocycles. The summed E-state index contributed by atoms with van der Waals surface area (Å²) in [6.07, 6.45) is -5.51. The zero-order valence-electron chi connectivity index (χ0n) is 19.0. The summed E-state index contributed by atoms with van der Waals surface area (Å²) in [6, 6.07) is -1.38. The molecular formula is C20H31NO12. The van der Waals surface area contributed by atoms with E-state index in [9.17, 15) is 34.2 Å². The van der Waals surface area contributed by atoms with Gasteiger partial charge in [0.25, 0.3) is 0 Å². The SMILES string of the molecule is CCOC(=O)C(CO)NC(=O)C(CCOC(C)=O)C1OC[C@@H](OC(C)=O)C(OC(C)=O)[C@H]1O. The molecule has 13 heteroatoms. The Bertz CT molecular complexity index is 711. The molecule has 1 fully saturated rings. The van der Waals surface area contributed by atoms with E-state index in [1.54, 1.807) is 6.92 Å². The van der Waals surface area contributed by atoms with Gasteiger partial charge in [0.15, 0.2) is 18.2 Å². The van der Waals surface area contributed by atoms with Crippen molar-refractivity contribution in [2.75, 3.05) is 26.4 Å². The van der Waals surface area contributed by atoms with Gasteiger partial charge in [-0.25, -0.2) is 4.79 Å². The van der Waals surface area contributed by atoms with Gasteiger partial charge in [0.05, 0.1) is 38.4 Å². The number of ether oxygens (including phenoxy) is 5. The molecule has 0 aromatic heterocycles. The number of nitrogens with one attached hydrogen (secondary N) is 1. The van der Waals surface area contributed by atoms with Crippen molar-refractivity contribution in [2.45, 2.75) is 64.6 Å². The Morgan fingerprint density at radius 1 is 1.03 bits per heavy atom. The Balaban J connectivity index is 3.13. The van der Waals surface area contributed by atoms with Gasteiger partial charge in [-0.1, -0.05) is 0 Å². The first-order valence-corrected chi connectivity index (χ1v) is 10.4. The fraction of sp³-hybridized carbons (Fsp3) is 0.750. The van der Waals surface area contributed by atoms with Crippen molar-refractivity contribution >= 4 is 29.8 Å². The standard InChI is InChI=1S/C20H31NO12/c1-5-29-20(28)14(8-22)21-19(27)13(6-7-30-10(2)23)17-16(26)18(33-12(4)25)15(9-31-17)32-11(3)24/h13-18,22,26H,5-9H2,1-4H3,(H,21,27)/t13?,14?,15-,16+,17?,18?/m1/s1. The molecule has 1 aliphatic rings. The van der Waals surface area contributed by atoms with Crippen molar-refractivity contribution in [3.8, 4) is 0 Å². The van der Waals surface area contributed by atoms with Gasteiger partial charge in [-0.3, -0.25) is 19.2 Å². The highest BCUT2D eigenvalue weighted by atomic mass is 16.6. The molecule has 1 aliphatic heterocycles. The van der Waals surface area contributed by atoms with Crippen LogP contribution >= 0.6 is 0 Å². The summed E-state index contributed by atoms with van der Waals surface area (Å²) < 4.78 is 25.4. The number of hydrogen-bond acceptors (Lipinski definition) is 12.